The number of rotatable bonds is 2. The average Bonchev–Trinajstić information content (AvgIpc) is 2.56. The van der Waals surface area contributed by atoms with E-state index in [9.17, 15) is 14.4 Å². The fraction of sp³-hybridized carbons (Fsp3) is 0.176. The predicted molar refractivity (Wildman–Crippen MR) is 88.8 cm³/mol. The van der Waals surface area contributed by atoms with Gasteiger partial charge in [0.2, 0.25) is 0 Å². The van der Waals surface area contributed by atoms with Gasteiger partial charge in [-0.2, -0.15) is 0 Å². The molecule has 0 saturated heterocycles. The van der Waals surface area contributed by atoms with E-state index in [1.165, 1.54) is 17.9 Å². The lowest BCUT2D eigenvalue weighted by molar-refractivity contribution is 0.0599. The fourth-order valence-corrected chi connectivity index (χ4v) is 2.79. The number of aryl methyl sites for hydroxylation is 1. The number of esters is 1. The quantitative estimate of drug-likeness (QED) is 0.720. The van der Waals surface area contributed by atoms with Crippen LogP contribution in [0.2, 0.25) is 0 Å². The van der Waals surface area contributed by atoms with Crippen LogP contribution in [0.3, 0.4) is 0 Å². The molecular formula is C17H15N3O4. The highest BCUT2D eigenvalue weighted by atomic mass is 16.5. The van der Waals surface area contributed by atoms with Crippen LogP contribution in [0.5, 0.6) is 0 Å². The summed E-state index contributed by atoms with van der Waals surface area (Å²) in [4.78, 5) is 42.9. The van der Waals surface area contributed by atoms with E-state index >= 15 is 0 Å². The summed E-state index contributed by atoms with van der Waals surface area (Å²) >= 11 is 0. The molecule has 0 aliphatic heterocycles. The van der Waals surface area contributed by atoms with Gasteiger partial charge in [-0.25, -0.2) is 19.1 Å². The monoisotopic (exact) mass is 325 g/mol. The summed E-state index contributed by atoms with van der Waals surface area (Å²) in [6, 6.07) is 6.64. The number of ether oxygens (including phenoxy) is 1. The summed E-state index contributed by atoms with van der Waals surface area (Å²) in [6.45, 7) is 3.51. The molecule has 24 heavy (non-hydrogen) atoms. The van der Waals surface area contributed by atoms with E-state index in [4.69, 9.17) is 4.74 Å². The molecule has 0 atom stereocenters. The van der Waals surface area contributed by atoms with Crippen molar-refractivity contribution in [1.82, 2.24) is 14.5 Å². The normalized spacial score (nSPS) is 10.8. The van der Waals surface area contributed by atoms with Crippen molar-refractivity contribution < 1.29 is 9.53 Å². The second-order valence-corrected chi connectivity index (χ2v) is 5.36. The van der Waals surface area contributed by atoms with Crippen molar-refractivity contribution in [1.29, 1.82) is 0 Å². The lowest BCUT2D eigenvalue weighted by Gasteiger charge is -2.15. The van der Waals surface area contributed by atoms with Crippen LogP contribution in [0, 0.1) is 13.8 Å². The maximum Gasteiger partial charge on any atom is 0.338 e. The van der Waals surface area contributed by atoms with Gasteiger partial charge in [0.05, 0.1) is 23.7 Å². The molecule has 0 saturated carbocycles. The van der Waals surface area contributed by atoms with Crippen molar-refractivity contribution in [2.45, 2.75) is 13.8 Å². The van der Waals surface area contributed by atoms with Gasteiger partial charge in [0.1, 0.15) is 0 Å². The minimum absolute atomic E-state index is 0.231. The molecule has 0 bridgehead atoms. The van der Waals surface area contributed by atoms with Gasteiger partial charge < -0.3 is 4.74 Å². The number of benzene rings is 1. The van der Waals surface area contributed by atoms with Crippen molar-refractivity contribution in [3.8, 4) is 5.69 Å². The highest BCUT2D eigenvalue weighted by molar-refractivity contribution is 5.94. The standard InChI is InChI=1S/C17H15N3O4/c1-9-6-7-12(10(2)13(9)16(22)24-3)20-14-11(5-4-8-18-14)15(21)19-17(20)23/h4-8H,1-3H3,(H,19,21,23). The molecule has 0 amide bonds. The number of carbonyl (C=O) groups is 1. The molecule has 2 heterocycles. The molecule has 0 radical (unpaired) electrons. The Morgan fingerprint density at radius 2 is 1.96 bits per heavy atom. The average molecular weight is 325 g/mol. The van der Waals surface area contributed by atoms with E-state index in [2.05, 4.69) is 9.97 Å². The first kappa shape index (κ1) is 15.7. The smallest absolute Gasteiger partial charge is 0.338 e. The zero-order valence-electron chi connectivity index (χ0n) is 13.4. The molecule has 0 spiro atoms. The maximum absolute atomic E-state index is 12.4. The summed E-state index contributed by atoms with van der Waals surface area (Å²) in [5.41, 5.74) is 1.27. The SMILES string of the molecule is COC(=O)c1c(C)ccc(-n2c(=O)[nH]c(=O)c3cccnc32)c1C. The molecule has 3 aromatic rings. The molecule has 122 valence electrons. The van der Waals surface area contributed by atoms with Crippen molar-refractivity contribution in [3.05, 3.63) is 68.0 Å². The Labute approximate surface area is 136 Å². The summed E-state index contributed by atoms with van der Waals surface area (Å²) < 4.78 is 6.12. The predicted octanol–water partition coefficient (Wildman–Crippen LogP) is 1.48. The Kier molecular flexibility index (Phi) is 3.76. The maximum atomic E-state index is 12.4. The minimum atomic E-state index is -0.617. The fourth-order valence-electron chi connectivity index (χ4n) is 2.79. The number of aromatic nitrogens is 3. The molecule has 1 aromatic carbocycles. The number of carbonyl (C=O) groups excluding carboxylic acids is 1. The Morgan fingerprint density at radius 3 is 2.67 bits per heavy atom. The number of hydrogen-bond donors (Lipinski definition) is 1. The van der Waals surface area contributed by atoms with Gasteiger partial charge in [-0.3, -0.25) is 9.78 Å². The summed E-state index contributed by atoms with van der Waals surface area (Å²) in [7, 11) is 1.30. The third-order valence-electron chi connectivity index (χ3n) is 3.94. The Hall–Kier alpha value is -3.22. The Morgan fingerprint density at radius 1 is 1.21 bits per heavy atom. The summed E-state index contributed by atoms with van der Waals surface area (Å²) in [5, 5.41) is 0.289. The van der Waals surface area contributed by atoms with Crippen LogP contribution in [0.1, 0.15) is 21.5 Å². The molecule has 2 aromatic heterocycles. The first-order valence-electron chi connectivity index (χ1n) is 7.24. The van der Waals surface area contributed by atoms with Gasteiger partial charge in [0, 0.05) is 6.20 Å². The van der Waals surface area contributed by atoms with E-state index in [1.54, 1.807) is 38.1 Å². The van der Waals surface area contributed by atoms with Gasteiger partial charge in [-0.05, 0) is 43.2 Å². The van der Waals surface area contributed by atoms with Crippen LogP contribution in [0.25, 0.3) is 16.7 Å². The van der Waals surface area contributed by atoms with E-state index in [0.717, 1.165) is 5.56 Å². The van der Waals surface area contributed by atoms with Crippen LogP contribution in [-0.4, -0.2) is 27.6 Å². The second-order valence-electron chi connectivity index (χ2n) is 5.36. The first-order chi connectivity index (χ1) is 11.5. The van der Waals surface area contributed by atoms with Crippen LogP contribution in [-0.2, 0) is 4.74 Å². The van der Waals surface area contributed by atoms with Crippen molar-refractivity contribution in [2.75, 3.05) is 7.11 Å². The molecule has 0 unspecified atom stereocenters. The van der Waals surface area contributed by atoms with Crippen molar-refractivity contribution >= 4 is 17.0 Å². The van der Waals surface area contributed by atoms with Crippen molar-refractivity contribution in [2.24, 2.45) is 0 Å². The van der Waals surface area contributed by atoms with Crippen LogP contribution in [0.4, 0.5) is 0 Å². The first-order valence-corrected chi connectivity index (χ1v) is 7.24. The molecule has 3 rings (SSSR count). The van der Waals surface area contributed by atoms with E-state index < -0.39 is 17.2 Å². The third kappa shape index (κ3) is 2.30. The lowest BCUT2D eigenvalue weighted by Crippen LogP contribution is -2.30. The van der Waals surface area contributed by atoms with Gasteiger partial charge in [0.15, 0.2) is 5.65 Å². The van der Waals surface area contributed by atoms with E-state index in [0.29, 0.717) is 16.8 Å². The lowest BCUT2D eigenvalue weighted by atomic mass is 10.0. The zero-order valence-corrected chi connectivity index (χ0v) is 13.4. The van der Waals surface area contributed by atoms with Crippen LogP contribution in [0.15, 0.2) is 40.1 Å². The number of fused-ring (bicyclic) bond motifs is 1. The third-order valence-corrected chi connectivity index (χ3v) is 3.94. The van der Waals surface area contributed by atoms with Gasteiger partial charge >= 0.3 is 11.7 Å². The highest BCUT2D eigenvalue weighted by Crippen LogP contribution is 2.23. The highest BCUT2D eigenvalue weighted by Gasteiger charge is 2.19. The number of hydrogen-bond acceptors (Lipinski definition) is 5. The topological polar surface area (TPSA) is 94.0 Å². The number of aromatic amines is 1. The van der Waals surface area contributed by atoms with Gasteiger partial charge in [-0.1, -0.05) is 6.07 Å². The van der Waals surface area contributed by atoms with Gasteiger partial charge in [-0.15, -0.1) is 0 Å². The number of H-pyrrole nitrogens is 1. The molecule has 0 aliphatic carbocycles. The molecule has 0 fully saturated rings. The summed E-state index contributed by atoms with van der Waals surface area (Å²) in [6.07, 6.45) is 1.50. The Balaban J connectivity index is 2.44. The second kappa shape index (κ2) is 5.77. The number of nitrogens with one attached hydrogen (secondary N) is 1. The van der Waals surface area contributed by atoms with E-state index in [-0.39, 0.29) is 11.0 Å². The summed E-state index contributed by atoms with van der Waals surface area (Å²) in [5.74, 6) is -0.485. The van der Waals surface area contributed by atoms with E-state index in [1.807, 2.05) is 0 Å². The molecule has 1 N–H and O–H groups in total. The van der Waals surface area contributed by atoms with Crippen molar-refractivity contribution in [3.63, 3.8) is 0 Å². The number of pyridine rings is 1. The zero-order chi connectivity index (χ0) is 17.4. The minimum Gasteiger partial charge on any atom is -0.465 e. The number of methoxy groups -OCH3 is 1. The van der Waals surface area contributed by atoms with Crippen LogP contribution >= 0.6 is 0 Å². The molecular weight excluding hydrogens is 310 g/mol. The molecule has 0 aliphatic rings. The molecule has 7 heteroatoms. The molecule has 7 nitrogen and oxygen atoms in total. The van der Waals surface area contributed by atoms with Gasteiger partial charge in [0.25, 0.3) is 5.56 Å². The largest absolute Gasteiger partial charge is 0.465 e. The Bertz CT molecular complexity index is 1080. The number of nitrogens with zero attached hydrogens (tertiary/aromatic N) is 2. The van der Waals surface area contributed by atoms with Crippen LogP contribution < -0.4 is 11.2 Å².